The van der Waals surface area contributed by atoms with Crippen molar-refractivity contribution in [1.82, 2.24) is 25.5 Å². The fraction of sp³-hybridized carbons (Fsp3) is 0.273. The molecule has 0 atom stereocenters. The molecule has 2 aromatic rings. The van der Waals surface area contributed by atoms with E-state index in [1.807, 2.05) is 0 Å². The number of rotatable bonds is 5. The average molecular weight is 310 g/mol. The second kappa shape index (κ2) is 6.79. The Bertz CT molecular complexity index is 624. The van der Waals surface area contributed by atoms with Gasteiger partial charge in [0.05, 0.1) is 12.0 Å². The molecule has 0 bridgehead atoms. The number of imide groups is 1. The summed E-state index contributed by atoms with van der Waals surface area (Å²) in [5.74, 6) is 6.20. The highest BCUT2D eigenvalue weighted by molar-refractivity contribution is 7.99. The molecule has 4 N–H and O–H groups in total. The molecule has 0 saturated heterocycles. The van der Waals surface area contributed by atoms with E-state index >= 15 is 0 Å². The molecule has 0 aliphatic rings. The number of aromatic nitrogens is 3. The maximum Gasteiger partial charge on any atom is 0.321 e. The molecular weight excluding hydrogens is 296 g/mol. The zero-order valence-corrected chi connectivity index (χ0v) is 12.0. The molecule has 3 amide bonds. The van der Waals surface area contributed by atoms with E-state index in [1.165, 1.54) is 10.9 Å². The summed E-state index contributed by atoms with van der Waals surface area (Å²) in [5, 5.41) is 12.7. The third-order valence-corrected chi connectivity index (χ3v) is 3.27. The molecule has 0 aliphatic heterocycles. The number of amides is 3. The standard InChI is InChI=1S/C11H14N6O3S/c1-2-13-10(19)14-8(18)6-21-11-16-15-9(17(11)12)7-4-3-5-20-7/h3-5H,2,6,12H2,1H3,(H2,13,14,18,19). The molecule has 2 rings (SSSR count). The Hall–Kier alpha value is -2.49. The van der Waals surface area contributed by atoms with Crippen LogP contribution in [-0.2, 0) is 4.79 Å². The van der Waals surface area contributed by atoms with Gasteiger partial charge in [-0.2, -0.15) is 0 Å². The lowest BCUT2D eigenvalue weighted by molar-refractivity contribution is -0.117. The molecule has 0 radical (unpaired) electrons. The topological polar surface area (TPSA) is 128 Å². The Morgan fingerprint density at radius 2 is 2.29 bits per heavy atom. The van der Waals surface area contributed by atoms with E-state index in [1.54, 1.807) is 19.1 Å². The van der Waals surface area contributed by atoms with Gasteiger partial charge in [-0.25, -0.2) is 9.47 Å². The van der Waals surface area contributed by atoms with Crippen molar-refractivity contribution in [2.24, 2.45) is 0 Å². The zero-order valence-electron chi connectivity index (χ0n) is 11.2. The first-order valence-electron chi connectivity index (χ1n) is 6.06. The minimum atomic E-state index is -0.534. The summed E-state index contributed by atoms with van der Waals surface area (Å²) in [7, 11) is 0. The van der Waals surface area contributed by atoms with Crippen LogP contribution in [0.4, 0.5) is 4.79 Å². The van der Waals surface area contributed by atoms with Crippen LogP contribution in [0.1, 0.15) is 6.92 Å². The second-order valence-electron chi connectivity index (χ2n) is 3.85. The summed E-state index contributed by atoms with van der Waals surface area (Å²) in [6.45, 7) is 2.20. The average Bonchev–Trinajstić information content (AvgIpc) is 3.06. The molecule has 21 heavy (non-hydrogen) atoms. The van der Waals surface area contributed by atoms with Gasteiger partial charge < -0.3 is 15.6 Å². The van der Waals surface area contributed by atoms with E-state index in [-0.39, 0.29) is 5.75 Å². The zero-order chi connectivity index (χ0) is 15.2. The van der Waals surface area contributed by atoms with Crippen LogP contribution in [0.15, 0.2) is 28.0 Å². The molecule has 112 valence electrons. The van der Waals surface area contributed by atoms with Crippen LogP contribution in [0.25, 0.3) is 11.6 Å². The van der Waals surface area contributed by atoms with Gasteiger partial charge in [0.2, 0.25) is 16.9 Å². The molecule has 0 saturated carbocycles. The molecule has 0 aliphatic carbocycles. The fourth-order valence-electron chi connectivity index (χ4n) is 1.45. The Morgan fingerprint density at radius 3 is 2.95 bits per heavy atom. The number of urea groups is 1. The van der Waals surface area contributed by atoms with Crippen LogP contribution in [0.2, 0.25) is 0 Å². The van der Waals surface area contributed by atoms with Gasteiger partial charge in [-0.05, 0) is 19.1 Å². The minimum absolute atomic E-state index is 0.00930. The van der Waals surface area contributed by atoms with E-state index in [9.17, 15) is 9.59 Å². The van der Waals surface area contributed by atoms with Crippen LogP contribution in [0, 0.1) is 0 Å². The summed E-state index contributed by atoms with van der Waals surface area (Å²) < 4.78 is 6.40. The monoisotopic (exact) mass is 310 g/mol. The van der Waals surface area contributed by atoms with E-state index in [2.05, 4.69) is 20.8 Å². The van der Waals surface area contributed by atoms with Crippen LogP contribution < -0.4 is 16.5 Å². The van der Waals surface area contributed by atoms with E-state index in [4.69, 9.17) is 10.3 Å². The highest BCUT2D eigenvalue weighted by atomic mass is 32.2. The summed E-state index contributed by atoms with van der Waals surface area (Å²) in [6.07, 6.45) is 1.50. The molecule has 0 aromatic carbocycles. The summed E-state index contributed by atoms with van der Waals surface area (Å²) in [6, 6.07) is 2.87. The van der Waals surface area contributed by atoms with Crippen LogP contribution in [-0.4, -0.2) is 39.1 Å². The van der Waals surface area contributed by atoms with Crippen LogP contribution >= 0.6 is 11.8 Å². The first-order valence-corrected chi connectivity index (χ1v) is 7.05. The number of carbonyl (C=O) groups excluding carboxylic acids is 2. The third-order valence-electron chi connectivity index (χ3n) is 2.33. The molecular formula is C11H14N6O3S. The van der Waals surface area contributed by atoms with Crippen molar-refractivity contribution >= 4 is 23.7 Å². The molecule has 0 unspecified atom stereocenters. The minimum Gasteiger partial charge on any atom is -0.461 e. The van der Waals surface area contributed by atoms with Crippen molar-refractivity contribution in [2.45, 2.75) is 12.1 Å². The van der Waals surface area contributed by atoms with Gasteiger partial charge in [0.1, 0.15) is 0 Å². The first kappa shape index (κ1) is 14.9. The summed E-state index contributed by atoms with van der Waals surface area (Å²) >= 11 is 1.06. The number of hydrogen-bond acceptors (Lipinski definition) is 7. The van der Waals surface area contributed by atoms with Gasteiger partial charge in [0.15, 0.2) is 5.76 Å². The number of carbonyl (C=O) groups is 2. The number of nitrogens with one attached hydrogen (secondary N) is 2. The molecule has 9 nitrogen and oxygen atoms in total. The largest absolute Gasteiger partial charge is 0.461 e. The van der Waals surface area contributed by atoms with E-state index < -0.39 is 11.9 Å². The first-order chi connectivity index (χ1) is 10.1. The van der Waals surface area contributed by atoms with E-state index in [0.29, 0.717) is 23.3 Å². The van der Waals surface area contributed by atoms with E-state index in [0.717, 1.165) is 11.8 Å². The summed E-state index contributed by atoms with van der Waals surface area (Å²) in [4.78, 5) is 22.7. The SMILES string of the molecule is CCNC(=O)NC(=O)CSc1nnc(-c2ccco2)n1N. The summed E-state index contributed by atoms with van der Waals surface area (Å²) in [5.41, 5.74) is 0. The van der Waals surface area contributed by atoms with Gasteiger partial charge in [0.25, 0.3) is 0 Å². The number of nitrogens with zero attached hydrogens (tertiary/aromatic N) is 3. The number of nitrogens with two attached hydrogens (primary N) is 1. The maximum atomic E-state index is 11.5. The van der Waals surface area contributed by atoms with Crippen LogP contribution in [0.5, 0.6) is 0 Å². The Kier molecular flexibility index (Phi) is 4.82. The quantitative estimate of drug-likeness (QED) is 0.531. The highest BCUT2D eigenvalue weighted by Crippen LogP contribution is 2.21. The van der Waals surface area contributed by atoms with Crippen molar-refractivity contribution in [1.29, 1.82) is 0 Å². The molecule has 10 heteroatoms. The molecule has 0 fully saturated rings. The van der Waals surface area contributed by atoms with Crippen molar-refractivity contribution in [3.63, 3.8) is 0 Å². The Morgan fingerprint density at radius 1 is 1.48 bits per heavy atom. The van der Waals surface area contributed by atoms with Crippen molar-refractivity contribution in [2.75, 3.05) is 18.1 Å². The number of nitrogen functional groups attached to an aromatic ring is 1. The lowest BCUT2D eigenvalue weighted by Crippen LogP contribution is -2.40. The smallest absolute Gasteiger partial charge is 0.321 e. The normalized spacial score (nSPS) is 10.3. The number of thioether (sulfide) groups is 1. The highest BCUT2D eigenvalue weighted by Gasteiger charge is 2.16. The third kappa shape index (κ3) is 3.75. The van der Waals surface area contributed by atoms with Crippen molar-refractivity contribution in [3.8, 4) is 11.6 Å². The number of furan rings is 1. The Balaban J connectivity index is 1.92. The van der Waals surface area contributed by atoms with Gasteiger partial charge >= 0.3 is 6.03 Å². The molecule has 2 aromatic heterocycles. The number of hydrogen-bond donors (Lipinski definition) is 3. The lowest BCUT2D eigenvalue weighted by atomic mass is 10.4. The lowest BCUT2D eigenvalue weighted by Gasteiger charge is -2.04. The van der Waals surface area contributed by atoms with Crippen molar-refractivity contribution < 1.29 is 14.0 Å². The fourth-order valence-corrected chi connectivity index (χ4v) is 2.10. The molecule has 0 spiro atoms. The predicted octanol–water partition coefficient (Wildman–Crippen LogP) is 0.190. The molecule has 2 heterocycles. The van der Waals surface area contributed by atoms with Crippen molar-refractivity contribution in [3.05, 3.63) is 18.4 Å². The van der Waals surface area contributed by atoms with Gasteiger partial charge in [-0.1, -0.05) is 11.8 Å². The predicted molar refractivity (Wildman–Crippen MR) is 75.8 cm³/mol. The van der Waals surface area contributed by atoms with Gasteiger partial charge in [0, 0.05) is 6.54 Å². The maximum absolute atomic E-state index is 11.5. The van der Waals surface area contributed by atoms with Gasteiger partial charge in [-0.3, -0.25) is 10.1 Å². The van der Waals surface area contributed by atoms with Crippen LogP contribution in [0.3, 0.4) is 0 Å². The second-order valence-corrected chi connectivity index (χ2v) is 4.79. The Labute approximate surface area is 124 Å². The van der Waals surface area contributed by atoms with Gasteiger partial charge in [-0.15, -0.1) is 10.2 Å².